The fourth-order valence-corrected chi connectivity index (χ4v) is 2.36. The lowest BCUT2D eigenvalue weighted by atomic mass is 10.1. The molecule has 5 nitrogen and oxygen atoms in total. The topological polar surface area (TPSA) is 67.2 Å². The highest BCUT2D eigenvalue weighted by molar-refractivity contribution is 5.94. The van der Waals surface area contributed by atoms with Crippen LogP contribution in [-0.2, 0) is 6.54 Å². The van der Waals surface area contributed by atoms with Gasteiger partial charge in [-0.05, 0) is 49.2 Å². The number of aryl methyl sites for hydroxylation is 1. The highest BCUT2D eigenvalue weighted by atomic mass is 16.3. The van der Waals surface area contributed by atoms with Crippen molar-refractivity contribution in [3.63, 3.8) is 0 Å². The van der Waals surface area contributed by atoms with Crippen molar-refractivity contribution in [2.45, 2.75) is 20.4 Å². The number of rotatable bonds is 5. The maximum Gasteiger partial charge on any atom is 0.253 e. The summed E-state index contributed by atoms with van der Waals surface area (Å²) in [7, 11) is 0. The number of amides is 1. The standard InChI is InChI=1S/C19H19N3O2/c1-13-5-3-7-18(14(13)2)22-16-9-15(10-20-11-16)19(23)21-12-17-6-4-8-24-17/h3-11,22H,12H2,1-2H3,(H,21,23). The van der Waals surface area contributed by atoms with Gasteiger partial charge in [0.15, 0.2) is 0 Å². The molecule has 5 heteroatoms. The van der Waals surface area contributed by atoms with Gasteiger partial charge in [-0.1, -0.05) is 12.1 Å². The quantitative estimate of drug-likeness (QED) is 0.746. The van der Waals surface area contributed by atoms with E-state index >= 15 is 0 Å². The molecule has 0 aliphatic carbocycles. The minimum Gasteiger partial charge on any atom is -0.467 e. The van der Waals surface area contributed by atoms with E-state index in [1.54, 1.807) is 30.8 Å². The molecule has 0 bridgehead atoms. The zero-order chi connectivity index (χ0) is 16.9. The van der Waals surface area contributed by atoms with Gasteiger partial charge in [0.1, 0.15) is 5.76 Å². The van der Waals surface area contributed by atoms with E-state index in [0.29, 0.717) is 17.9 Å². The Morgan fingerprint density at radius 3 is 2.83 bits per heavy atom. The SMILES string of the molecule is Cc1cccc(Nc2cncc(C(=O)NCc3ccco3)c2)c1C. The van der Waals surface area contributed by atoms with Crippen LogP contribution in [0, 0.1) is 13.8 Å². The van der Waals surface area contributed by atoms with Crippen molar-refractivity contribution in [1.82, 2.24) is 10.3 Å². The predicted octanol–water partition coefficient (Wildman–Crippen LogP) is 3.97. The van der Waals surface area contributed by atoms with Crippen LogP contribution in [0.3, 0.4) is 0 Å². The molecular weight excluding hydrogens is 302 g/mol. The summed E-state index contributed by atoms with van der Waals surface area (Å²) in [6.45, 7) is 4.47. The van der Waals surface area contributed by atoms with E-state index in [0.717, 1.165) is 11.4 Å². The van der Waals surface area contributed by atoms with Gasteiger partial charge in [0.05, 0.1) is 30.3 Å². The minimum atomic E-state index is -0.191. The minimum absolute atomic E-state index is 0.191. The van der Waals surface area contributed by atoms with Crippen molar-refractivity contribution < 1.29 is 9.21 Å². The van der Waals surface area contributed by atoms with Gasteiger partial charge in [0.25, 0.3) is 5.91 Å². The third kappa shape index (κ3) is 3.63. The Kier molecular flexibility index (Phi) is 4.61. The zero-order valence-corrected chi connectivity index (χ0v) is 13.7. The molecule has 3 aromatic rings. The third-order valence-corrected chi connectivity index (χ3v) is 3.89. The number of nitrogens with zero attached hydrogens (tertiary/aromatic N) is 1. The van der Waals surface area contributed by atoms with Crippen LogP contribution in [0.5, 0.6) is 0 Å². The lowest BCUT2D eigenvalue weighted by molar-refractivity contribution is 0.0947. The molecule has 0 atom stereocenters. The largest absolute Gasteiger partial charge is 0.467 e. The third-order valence-electron chi connectivity index (χ3n) is 3.89. The molecule has 0 fully saturated rings. The molecule has 2 aromatic heterocycles. The monoisotopic (exact) mass is 321 g/mol. The maximum absolute atomic E-state index is 12.2. The van der Waals surface area contributed by atoms with Crippen LogP contribution in [0.4, 0.5) is 11.4 Å². The van der Waals surface area contributed by atoms with Crippen LogP contribution in [-0.4, -0.2) is 10.9 Å². The number of benzene rings is 1. The molecule has 2 N–H and O–H groups in total. The van der Waals surface area contributed by atoms with E-state index in [-0.39, 0.29) is 5.91 Å². The van der Waals surface area contributed by atoms with Crippen LogP contribution < -0.4 is 10.6 Å². The Bertz CT molecular complexity index is 842. The molecule has 24 heavy (non-hydrogen) atoms. The highest BCUT2D eigenvalue weighted by Crippen LogP contribution is 2.22. The van der Waals surface area contributed by atoms with Crippen LogP contribution in [0.1, 0.15) is 27.2 Å². The van der Waals surface area contributed by atoms with Crippen molar-refractivity contribution in [3.8, 4) is 0 Å². The molecule has 2 heterocycles. The van der Waals surface area contributed by atoms with Gasteiger partial charge in [-0.15, -0.1) is 0 Å². The summed E-state index contributed by atoms with van der Waals surface area (Å²) in [6.07, 6.45) is 4.83. The summed E-state index contributed by atoms with van der Waals surface area (Å²) in [5.74, 6) is 0.518. The van der Waals surface area contributed by atoms with Gasteiger partial charge in [0, 0.05) is 11.9 Å². The molecule has 0 saturated carbocycles. The van der Waals surface area contributed by atoms with Gasteiger partial charge < -0.3 is 15.1 Å². The number of carbonyl (C=O) groups is 1. The van der Waals surface area contributed by atoms with Gasteiger partial charge >= 0.3 is 0 Å². The van der Waals surface area contributed by atoms with Gasteiger partial charge in [-0.25, -0.2) is 0 Å². The van der Waals surface area contributed by atoms with Gasteiger partial charge in [-0.3, -0.25) is 9.78 Å². The first-order valence-corrected chi connectivity index (χ1v) is 7.72. The number of nitrogens with one attached hydrogen (secondary N) is 2. The van der Waals surface area contributed by atoms with Crippen LogP contribution >= 0.6 is 0 Å². The Balaban J connectivity index is 1.71. The number of hydrogen-bond donors (Lipinski definition) is 2. The average Bonchev–Trinajstić information content (AvgIpc) is 3.11. The highest BCUT2D eigenvalue weighted by Gasteiger charge is 2.08. The van der Waals surface area contributed by atoms with E-state index in [1.165, 1.54) is 11.1 Å². The van der Waals surface area contributed by atoms with Crippen molar-refractivity contribution in [1.29, 1.82) is 0 Å². The number of carbonyl (C=O) groups excluding carboxylic acids is 1. The maximum atomic E-state index is 12.2. The van der Waals surface area contributed by atoms with E-state index in [4.69, 9.17) is 4.42 Å². The smallest absolute Gasteiger partial charge is 0.253 e. The fraction of sp³-hybridized carbons (Fsp3) is 0.158. The normalized spacial score (nSPS) is 10.4. The van der Waals surface area contributed by atoms with E-state index in [2.05, 4.69) is 35.5 Å². The number of hydrogen-bond acceptors (Lipinski definition) is 4. The first-order chi connectivity index (χ1) is 11.6. The number of furan rings is 1. The summed E-state index contributed by atoms with van der Waals surface area (Å²) < 4.78 is 5.20. The lowest BCUT2D eigenvalue weighted by Crippen LogP contribution is -2.22. The van der Waals surface area contributed by atoms with Crippen LogP contribution in [0.2, 0.25) is 0 Å². The number of pyridine rings is 1. The average molecular weight is 321 g/mol. The van der Waals surface area contributed by atoms with Gasteiger partial charge in [-0.2, -0.15) is 0 Å². The second-order valence-electron chi connectivity index (χ2n) is 5.60. The summed E-state index contributed by atoms with van der Waals surface area (Å²) >= 11 is 0. The predicted molar refractivity (Wildman–Crippen MR) is 93.3 cm³/mol. The number of aromatic nitrogens is 1. The van der Waals surface area contributed by atoms with Gasteiger partial charge in [0.2, 0.25) is 0 Å². The summed E-state index contributed by atoms with van der Waals surface area (Å²) in [5, 5.41) is 6.13. The first-order valence-electron chi connectivity index (χ1n) is 7.72. The Hall–Kier alpha value is -3.08. The zero-order valence-electron chi connectivity index (χ0n) is 13.7. The second-order valence-corrected chi connectivity index (χ2v) is 5.60. The molecule has 0 aliphatic rings. The summed E-state index contributed by atoms with van der Waals surface area (Å²) in [4.78, 5) is 16.4. The fourth-order valence-electron chi connectivity index (χ4n) is 2.36. The Morgan fingerprint density at radius 2 is 2.04 bits per heavy atom. The molecule has 3 rings (SSSR count). The van der Waals surface area contributed by atoms with E-state index in [1.807, 2.05) is 18.2 Å². The van der Waals surface area contributed by atoms with Crippen molar-refractivity contribution in [2.24, 2.45) is 0 Å². The molecular formula is C19H19N3O2. The molecule has 122 valence electrons. The van der Waals surface area contributed by atoms with Crippen molar-refractivity contribution in [3.05, 3.63) is 77.5 Å². The molecule has 0 saturated heterocycles. The molecule has 1 aromatic carbocycles. The van der Waals surface area contributed by atoms with Crippen LogP contribution in [0.15, 0.2) is 59.5 Å². The van der Waals surface area contributed by atoms with Crippen molar-refractivity contribution in [2.75, 3.05) is 5.32 Å². The van der Waals surface area contributed by atoms with Crippen LogP contribution in [0.25, 0.3) is 0 Å². The van der Waals surface area contributed by atoms with Crippen molar-refractivity contribution >= 4 is 17.3 Å². The molecule has 0 unspecified atom stereocenters. The van der Waals surface area contributed by atoms with E-state index < -0.39 is 0 Å². The Labute approximate surface area is 140 Å². The second kappa shape index (κ2) is 7.00. The summed E-state index contributed by atoms with van der Waals surface area (Å²) in [5.41, 5.74) is 4.65. The number of anilines is 2. The lowest BCUT2D eigenvalue weighted by Gasteiger charge is -2.12. The summed E-state index contributed by atoms with van der Waals surface area (Å²) in [6, 6.07) is 11.5. The molecule has 0 radical (unpaired) electrons. The Morgan fingerprint density at radius 1 is 1.17 bits per heavy atom. The molecule has 1 amide bonds. The molecule has 0 aliphatic heterocycles. The first kappa shape index (κ1) is 15.8. The van der Waals surface area contributed by atoms with E-state index in [9.17, 15) is 4.79 Å². The molecule has 0 spiro atoms.